The highest BCUT2D eigenvalue weighted by atomic mass is 16.5. The van der Waals surface area contributed by atoms with E-state index in [0.29, 0.717) is 26.3 Å². The van der Waals surface area contributed by atoms with Crippen LogP contribution in [0.25, 0.3) is 0 Å². The van der Waals surface area contributed by atoms with Crippen LogP contribution in [0.3, 0.4) is 0 Å². The number of methoxy groups -OCH3 is 2. The monoisotopic (exact) mass is 214 g/mol. The standard InChI is InChI=1S/C9H18N4O2/c1-14-5-3-9-8(7-10)11-12-13(9)4-6-15-2/h3-7,10H2,1-2H3. The zero-order valence-corrected chi connectivity index (χ0v) is 9.27. The summed E-state index contributed by atoms with van der Waals surface area (Å²) in [6, 6.07) is 0. The normalized spacial score (nSPS) is 10.9. The summed E-state index contributed by atoms with van der Waals surface area (Å²) >= 11 is 0. The van der Waals surface area contributed by atoms with E-state index in [1.165, 1.54) is 0 Å². The zero-order chi connectivity index (χ0) is 11.1. The van der Waals surface area contributed by atoms with Crippen molar-refractivity contribution in [1.29, 1.82) is 0 Å². The molecule has 6 heteroatoms. The van der Waals surface area contributed by atoms with Gasteiger partial charge in [-0.05, 0) is 0 Å². The van der Waals surface area contributed by atoms with Gasteiger partial charge in [-0.1, -0.05) is 5.21 Å². The summed E-state index contributed by atoms with van der Waals surface area (Å²) in [4.78, 5) is 0. The minimum absolute atomic E-state index is 0.409. The molecule has 86 valence electrons. The first-order valence-electron chi connectivity index (χ1n) is 4.92. The van der Waals surface area contributed by atoms with Crippen molar-refractivity contribution < 1.29 is 9.47 Å². The van der Waals surface area contributed by atoms with Gasteiger partial charge in [-0.25, -0.2) is 4.68 Å². The van der Waals surface area contributed by atoms with E-state index in [2.05, 4.69) is 10.3 Å². The minimum atomic E-state index is 0.409. The number of hydrogen-bond donors (Lipinski definition) is 1. The summed E-state index contributed by atoms with van der Waals surface area (Å²) in [7, 11) is 3.33. The maximum absolute atomic E-state index is 5.58. The predicted octanol–water partition coefficient (Wildman–Crippen LogP) is -0.428. The van der Waals surface area contributed by atoms with Crippen molar-refractivity contribution in [3.8, 4) is 0 Å². The Morgan fingerprint density at radius 3 is 2.60 bits per heavy atom. The molecule has 1 heterocycles. The Labute approximate surface area is 89.3 Å². The molecule has 0 unspecified atom stereocenters. The van der Waals surface area contributed by atoms with Crippen LogP contribution in [0.15, 0.2) is 0 Å². The van der Waals surface area contributed by atoms with Crippen molar-refractivity contribution in [2.24, 2.45) is 5.73 Å². The van der Waals surface area contributed by atoms with Gasteiger partial charge in [0.2, 0.25) is 0 Å². The van der Waals surface area contributed by atoms with Crippen LogP contribution in [0.4, 0.5) is 0 Å². The summed E-state index contributed by atoms with van der Waals surface area (Å²) in [5, 5.41) is 8.05. The molecule has 0 spiro atoms. The highest BCUT2D eigenvalue weighted by Gasteiger charge is 2.10. The first kappa shape index (κ1) is 12.1. The van der Waals surface area contributed by atoms with E-state index in [0.717, 1.165) is 17.8 Å². The number of nitrogens with zero attached hydrogens (tertiary/aromatic N) is 3. The lowest BCUT2D eigenvalue weighted by Crippen LogP contribution is -2.13. The third-order valence-electron chi connectivity index (χ3n) is 2.16. The molecule has 0 bridgehead atoms. The van der Waals surface area contributed by atoms with E-state index < -0.39 is 0 Å². The molecule has 0 aliphatic heterocycles. The maximum Gasteiger partial charge on any atom is 0.0995 e. The van der Waals surface area contributed by atoms with Gasteiger partial charge < -0.3 is 15.2 Å². The molecule has 0 amide bonds. The van der Waals surface area contributed by atoms with E-state index in [1.807, 2.05) is 4.68 Å². The quantitative estimate of drug-likeness (QED) is 0.666. The second kappa shape index (κ2) is 6.49. The average molecular weight is 214 g/mol. The molecular formula is C9H18N4O2. The van der Waals surface area contributed by atoms with Gasteiger partial charge in [-0.15, -0.1) is 5.10 Å². The summed E-state index contributed by atoms with van der Waals surface area (Å²) < 4.78 is 11.9. The van der Waals surface area contributed by atoms with Gasteiger partial charge in [0, 0.05) is 27.2 Å². The Bertz CT molecular complexity index is 288. The third kappa shape index (κ3) is 3.26. The first-order valence-corrected chi connectivity index (χ1v) is 4.92. The molecule has 1 aromatic rings. The molecule has 0 aliphatic rings. The van der Waals surface area contributed by atoms with E-state index in [-0.39, 0.29) is 0 Å². The van der Waals surface area contributed by atoms with Crippen molar-refractivity contribution in [3.63, 3.8) is 0 Å². The fourth-order valence-corrected chi connectivity index (χ4v) is 1.36. The second-order valence-corrected chi connectivity index (χ2v) is 3.15. The maximum atomic E-state index is 5.58. The fourth-order valence-electron chi connectivity index (χ4n) is 1.36. The average Bonchev–Trinajstić information content (AvgIpc) is 2.65. The van der Waals surface area contributed by atoms with Crippen molar-refractivity contribution >= 4 is 0 Å². The lowest BCUT2D eigenvalue weighted by atomic mass is 10.2. The lowest BCUT2D eigenvalue weighted by molar-refractivity contribution is 0.178. The second-order valence-electron chi connectivity index (χ2n) is 3.15. The predicted molar refractivity (Wildman–Crippen MR) is 55.4 cm³/mol. The van der Waals surface area contributed by atoms with Crippen molar-refractivity contribution in [1.82, 2.24) is 15.0 Å². The summed E-state index contributed by atoms with van der Waals surface area (Å²) in [5.74, 6) is 0. The first-order chi connectivity index (χ1) is 7.33. The third-order valence-corrected chi connectivity index (χ3v) is 2.16. The van der Waals surface area contributed by atoms with Gasteiger partial charge in [-0.2, -0.15) is 0 Å². The Morgan fingerprint density at radius 1 is 1.27 bits per heavy atom. The van der Waals surface area contributed by atoms with Crippen LogP contribution in [0.2, 0.25) is 0 Å². The van der Waals surface area contributed by atoms with Crippen LogP contribution in [-0.4, -0.2) is 42.4 Å². The summed E-state index contributed by atoms with van der Waals surface area (Å²) in [5.41, 5.74) is 7.45. The van der Waals surface area contributed by atoms with Crippen molar-refractivity contribution in [2.45, 2.75) is 19.5 Å². The molecule has 0 atom stereocenters. The molecular weight excluding hydrogens is 196 g/mol. The SMILES string of the molecule is COCCc1c(CN)nnn1CCOC. The van der Waals surface area contributed by atoms with Crippen molar-refractivity contribution in [2.75, 3.05) is 27.4 Å². The number of aromatic nitrogens is 3. The van der Waals surface area contributed by atoms with E-state index >= 15 is 0 Å². The van der Waals surface area contributed by atoms with Gasteiger partial charge in [0.1, 0.15) is 0 Å². The van der Waals surface area contributed by atoms with Gasteiger partial charge >= 0.3 is 0 Å². The molecule has 6 nitrogen and oxygen atoms in total. The Hall–Kier alpha value is -0.980. The fraction of sp³-hybridized carbons (Fsp3) is 0.778. The topological polar surface area (TPSA) is 75.2 Å². The molecule has 1 aromatic heterocycles. The smallest absolute Gasteiger partial charge is 0.0995 e. The summed E-state index contributed by atoms with van der Waals surface area (Å²) in [6.07, 6.45) is 0.778. The van der Waals surface area contributed by atoms with Gasteiger partial charge in [0.05, 0.1) is 31.1 Å². The van der Waals surface area contributed by atoms with Crippen LogP contribution in [0.5, 0.6) is 0 Å². The molecule has 0 saturated heterocycles. The van der Waals surface area contributed by atoms with Gasteiger partial charge in [-0.3, -0.25) is 0 Å². The van der Waals surface area contributed by atoms with E-state index in [9.17, 15) is 0 Å². The molecule has 1 rings (SSSR count). The van der Waals surface area contributed by atoms with Crippen LogP contribution >= 0.6 is 0 Å². The molecule has 0 radical (unpaired) electrons. The number of nitrogens with two attached hydrogens (primary N) is 1. The number of rotatable bonds is 7. The van der Waals surface area contributed by atoms with Crippen LogP contribution < -0.4 is 5.73 Å². The van der Waals surface area contributed by atoms with Crippen LogP contribution in [-0.2, 0) is 29.0 Å². The molecule has 15 heavy (non-hydrogen) atoms. The van der Waals surface area contributed by atoms with E-state index in [1.54, 1.807) is 14.2 Å². The summed E-state index contributed by atoms with van der Waals surface area (Å²) in [6.45, 7) is 2.37. The highest BCUT2D eigenvalue weighted by molar-refractivity contribution is 5.10. The molecule has 0 aromatic carbocycles. The number of ether oxygens (including phenoxy) is 2. The highest BCUT2D eigenvalue weighted by Crippen LogP contribution is 2.06. The van der Waals surface area contributed by atoms with E-state index in [4.69, 9.17) is 15.2 Å². The Kier molecular flexibility index (Phi) is 5.23. The largest absolute Gasteiger partial charge is 0.384 e. The zero-order valence-electron chi connectivity index (χ0n) is 9.27. The minimum Gasteiger partial charge on any atom is -0.384 e. The molecule has 0 aliphatic carbocycles. The van der Waals surface area contributed by atoms with Gasteiger partial charge in [0.15, 0.2) is 0 Å². The Balaban J connectivity index is 2.70. The Morgan fingerprint density at radius 2 is 2.00 bits per heavy atom. The van der Waals surface area contributed by atoms with Gasteiger partial charge in [0.25, 0.3) is 0 Å². The van der Waals surface area contributed by atoms with Crippen LogP contribution in [0.1, 0.15) is 11.4 Å². The molecule has 0 saturated carbocycles. The molecule has 0 fully saturated rings. The number of hydrogen-bond acceptors (Lipinski definition) is 5. The van der Waals surface area contributed by atoms with Crippen molar-refractivity contribution in [3.05, 3.63) is 11.4 Å². The molecule has 2 N–H and O–H groups in total. The van der Waals surface area contributed by atoms with Crippen LogP contribution in [0, 0.1) is 0 Å². The lowest BCUT2D eigenvalue weighted by Gasteiger charge is -2.06.